The van der Waals surface area contributed by atoms with Crippen molar-refractivity contribution in [3.63, 3.8) is 0 Å². The van der Waals surface area contributed by atoms with E-state index in [1.54, 1.807) is 6.26 Å². The zero-order valence-corrected chi connectivity index (χ0v) is 11.8. The molecule has 0 bridgehead atoms. The molecule has 0 radical (unpaired) electrons. The Hall–Kier alpha value is -0.620. The Balaban J connectivity index is 2.59. The molecule has 0 spiro atoms. The van der Waals surface area contributed by atoms with Gasteiger partial charge in [0.2, 0.25) is 0 Å². The summed E-state index contributed by atoms with van der Waals surface area (Å²) in [6, 6.07) is 1.85. The molecule has 0 saturated carbocycles. The van der Waals surface area contributed by atoms with E-state index in [1.165, 1.54) is 0 Å². The highest BCUT2D eigenvalue weighted by molar-refractivity contribution is 14.1. The van der Waals surface area contributed by atoms with Gasteiger partial charge < -0.3 is 4.42 Å². The van der Waals surface area contributed by atoms with Gasteiger partial charge in [-0.3, -0.25) is 0 Å². The second-order valence-corrected chi connectivity index (χ2v) is 4.78. The third kappa shape index (κ3) is 2.08. The van der Waals surface area contributed by atoms with Crippen LogP contribution in [-0.4, -0.2) is 9.97 Å². The van der Waals surface area contributed by atoms with E-state index in [-0.39, 0.29) is 0 Å². The van der Waals surface area contributed by atoms with Gasteiger partial charge in [0.15, 0.2) is 5.82 Å². The Bertz CT molecular complexity index is 525. The fourth-order valence-corrected chi connectivity index (χ4v) is 2.25. The lowest BCUT2D eigenvalue weighted by Gasteiger charge is -2.05. The molecule has 0 amide bonds. The number of furan rings is 1. The standard InChI is InChI=1S/C11H10ClIN2O/c1-3-8-9(13)10(12)15-11(14-8)7-4-5-16-6(7)2/h4-5H,3H2,1-2H3. The first-order valence-corrected chi connectivity index (χ1v) is 6.35. The minimum absolute atomic E-state index is 0.503. The van der Waals surface area contributed by atoms with Crippen molar-refractivity contribution >= 4 is 34.2 Å². The smallest absolute Gasteiger partial charge is 0.164 e. The van der Waals surface area contributed by atoms with E-state index in [4.69, 9.17) is 16.0 Å². The van der Waals surface area contributed by atoms with Crippen LogP contribution in [0.4, 0.5) is 0 Å². The van der Waals surface area contributed by atoms with E-state index in [2.05, 4.69) is 32.6 Å². The molecule has 2 rings (SSSR count). The Kier molecular flexibility index (Phi) is 3.49. The number of aryl methyl sites for hydroxylation is 2. The maximum atomic E-state index is 6.08. The predicted molar refractivity (Wildman–Crippen MR) is 71.6 cm³/mol. The fourth-order valence-electron chi connectivity index (χ4n) is 1.43. The van der Waals surface area contributed by atoms with E-state index >= 15 is 0 Å². The lowest BCUT2D eigenvalue weighted by atomic mass is 10.2. The molecule has 0 fully saturated rings. The number of nitrogens with zero attached hydrogens (tertiary/aromatic N) is 2. The average molecular weight is 349 g/mol. The van der Waals surface area contributed by atoms with Crippen molar-refractivity contribution in [1.82, 2.24) is 9.97 Å². The van der Waals surface area contributed by atoms with Crippen molar-refractivity contribution in [2.24, 2.45) is 0 Å². The average Bonchev–Trinajstić information content (AvgIpc) is 2.68. The first-order valence-electron chi connectivity index (χ1n) is 4.89. The zero-order valence-electron chi connectivity index (χ0n) is 8.92. The quantitative estimate of drug-likeness (QED) is 0.611. The highest BCUT2D eigenvalue weighted by Crippen LogP contribution is 2.26. The molecule has 0 aliphatic heterocycles. The van der Waals surface area contributed by atoms with E-state index < -0.39 is 0 Å². The first kappa shape index (κ1) is 11.9. The monoisotopic (exact) mass is 348 g/mol. The molecule has 84 valence electrons. The summed E-state index contributed by atoms with van der Waals surface area (Å²) in [5.41, 5.74) is 1.87. The van der Waals surface area contributed by atoms with Crippen molar-refractivity contribution in [3.8, 4) is 11.4 Å². The SMILES string of the molecule is CCc1nc(-c2ccoc2C)nc(Cl)c1I. The fraction of sp³-hybridized carbons (Fsp3) is 0.273. The Labute approximate surface area is 112 Å². The van der Waals surface area contributed by atoms with Crippen molar-refractivity contribution < 1.29 is 4.42 Å². The Morgan fingerprint density at radius 2 is 2.19 bits per heavy atom. The molecule has 0 atom stereocenters. The molecule has 0 unspecified atom stereocenters. The number of halogens is 2. The molecule has 3 nitrogen and oxygen atoms in total. The molecule has 2 heterocycles. The topological polar surface area (TPSA) is 38.9 Å². The van der Waals surface area contributed by atoms with Crippen LogP contribution in [0, 0.1) is 10.5 Å². The van der Waals surface area contributed by atoms with Crippen LogP contribution in [-0.2, 0) is 6.42 Å². The first-order chi connectivity index (χ1) is 7.63. The van der Waals surface area contributed by atoms with Gasteiger partial charge in [-0.25, -0.2) is 9.97 Å². The van der Waals surface area contributed by atoms with Gasteiger partial charge in [-0.1, -0.05) is 18.5 Å². The van der Waals surface area contributed by atoms with Crippen LogP contribution in [0.2, 0.25) is 5.15 Å². The summed E-state index contributed by atoms with van der Waals surface area (Å²) < 4.78 is 6.16. The Morgan fingerprint density at radius 1 is 1.44 bits per heavy atom. The second kappa shape index (κ2) is 4.71. The van der Waals surface area contributed by atoms with Crippen LogP contribution in [0.15, 0.2) is 16.7 Å². The maximum Gasteiger partial charge on any atom is 0.164 e. The minimum atomic E-state index is 0.503. The Morgan fingerprint density at radius 3 is 2.75 bits per heavy atom. The molecular formula is C11H10ClIN2O. The predicted octanol–water partition coefficient (Wildman–Crippen LogP) is 3.87. The summed E-state index contributed by atoms with van der Waals surface area (Å²) in [5.74, 6) is 1.44. The van der Waals surface area contributed by atoms with E-state index in [9.17, 15) is 0 Å². The van der Waals surface area contributed by atoms with Gasteiger partial charge in [-0.2, -0.15) is 0 Å². The largest absolute Gasteiger partial charge is 0.469 e. The second-order valence-electron chi connectivity index (χ2n) is 3.34. The van der Waals surface area contributed by atoms with Gasteiger partial charge in [-0.15, -0.1) is 0 Å². The number of aromatic nitrogens is 2. The third-order valence-electron chi connectivity index (χ3n) is 2.31. The summed E-state index contributed by atoms with van der Waals surface area (Å²) >= 11 is 8.25. The zero-order chi connectivity index (χ0) is 11.7. The van der Waals surface area contributed by atoms with Crippen molar-refractivity contribution in [2.45, 2.75) is 20.3 Å². The molecule has 0 saturated heterocycles. The van der Waals surface area contributed by atoms with Gasteiger partial charge >= 0.3 is 0 Å². The highest BCUT2D eigenvalue weighted by Gasteiger charge is 2.13. The lowest BCUT2D eigenvalue weighted by Crippen LogP contribution is -1.99. The number of hydrogen-bond donors (Lipinski definition) is 0. The number of hydrogen-bond acceptors (Lipinski definition) is 3. The lowest BCUT2D eigenvalue weighted by molar-refractivity contribution is 0.535. The minimum Gasteiger partial charge on any atom is -0.469 e. The molecule has 2 aromatic heterocycles. The van der Waals surface area contributed by atoms with Crippen molar-refractivity contribution in [3.05, 3.63) is 32.5 Å². The molecule has 5 heteroatoms. The number of rotatable bonds is 2. The molecule has 0 aromatic carbocycles. The van der Waals surface area contributed by atoms with Crippen molar-refractivity contribution in [2.75, 3.05) is 0 Å². The van der Waals surface area contributed by atoms with Crippen LogP contribution < -0.4 is 0 Å². The van der Waals surface area contributed by atoms with Gasteiger partial charge in [0, 0.05) is 0 Å². The summed E-state index contributed by atoms with van der Waals surface area (Å²) in [6.45, 7) is 3.93. The summed E-state index contributed by atoms with van der Waals surface area (Å²) in [5, 5.41) is 0.503. The van der Waals surface area contributed by atoms with Crippen LogP contribution in [0.25, 0.3) is 11.4 Å². The van der Waals surface area contributed by atoms with Crippen LogP contribution >= 0.6 is 34.2 Å². The summed E-state index contributed by atoms with van der Waals surface area (Å²) in [6.07, 6.45) is 2.47. The van der Waals surface area contributed by atoms with Gasteiger partial charge in [0.25, 0.3) is 0 Å². The highest BCUT2D eigenvalue weighted by atomic mass is 127. The van der Waals surface area contributed by atoms with Crippen LogP contribution in [0.5, 0.6) is 0 Å². The normalized spacial score (nSPS) is 10.8. The molecule has 0 aliphatic rings. The summed E-state index contributed by atoms with van der Waals surface area (Å²) in [4.78, 5) is 8.76. The van der Waals surface area contributed by atoms with Gasteiger partial charge in [0.05, 0.1) is 21.1 Å². The van der Waals surface area contributed by atoms with Gasteiger partial charge in [0.1, 0.15) is 10.9 Å². The van der Waals surface area contributed by atoms with Crippen molar-refractivity contribution in [1.29, 1.82) is 0 Å². The molecular weight excluding hydrogens is 338 g/mol. The van der Waals surface area contributed by atoms with Crippen LogP contribution in [0.3, 0.4) is 0 Å². The maximum absolute atomic E-state index is 6.08. The molecule has 16 heavy (non-hydrogen) atoms. The van der Waals surface area contributed by atoms with E-state index in [0.717, 1.165) is 27.0 Å². The summed E-state index contributed by atoms with van der Waals surface area (Å²) in [7, 11) is 0. The van der Waals surface area contributed by atoms with E-state index in [1.807, 2.05) is 19.9 Å². The molecule has 0 N–H and O–H groups in total. The third-order valence-corrected chi connectivity index (χ3v) is 4.04. The van der Waals surface area contributed by atoms with Gasteiger partial charge in [-0.05, 0) is 42.0 Å². The van der Waals surface area contributed by atoms with E-state index in [0.29, 0.717) is 11.0 Å². The molecule has 2 aromatic rings. The van der Waals surface area contributed by atoms with Crippen LogP contribution in [0.1, 0.15) is 18.4 Å². The molecule has 0 aliphatic carbocycles.